The van der Waals surface area contributed by atoms with Gasteiger partial charge in [-0.1, -0.05) is 58.4 Å². The lowest BCUT2D eigenvalue weighted by Crippen LogP contribution is -2.28. The molecule has 1 unspecified atom stereocenters. The molecule has 2 heteroatoms. The molecule has 2 aromatic carbocycles. The maximum atomic E-state index is 3.66. The molecule has 0 radical (unpaired) electrons. The van der Waals surface area contributed by atoms with Gasteiger partial charge >= 0.3 is 0 Å². The zero-order valence-corrected chi connectivity index (χ0v) is 13.3. The maximum absolute atomic E-state index is 3.66. The van der Waals surface area contributed by atoms with Crippen LogP contribution in [0.3, 0.4) is 0 Å². The topological polar surface area (TPSA) is 4.93 Å². The van der Waals surface area contributed by atoms with Gasteiger partial charge in [0.2, 0.25) is 0 Å². The van der Waals surface area contributed by atoms with E-state index in [0.29, 0.717) is 0 Å². The van der Waals surface area contributed by atoms with Gasteiger partial charge in [-0.15, -0.1) is 0 Å². The molecule has 1 aliphatic heterocycles. The Hall–Kier alpha value is -1.80. The van der Waals surface area contributed by atoms with Gasteiger partial charge in [0.1, 0.15) is 0 Å². The highest BCUT2D eigenvalue weighted by atomic mass is 79.9. The van der Waals surface area contributed by atoms with Crippen LogP contribution in [0.2, 0.25) is 0 Å². The van der Waals surface area contributed by atoms with Crippen LogP contribution in [0.15, 0.2) is 59.1 Å². The van der Waals surface area contributed by atoms with E-state index in [4.69, 9.17) is 0 Å². The Kier molecular flexibility index (Phi) is 2.08. The summed E-state index contributed by atoms with van der Waals surface area (Å²) in [7, 11) is 0. The number of aromatic nitrogens is 1. The lowest BCUT2D eigenvalue weighted by atomic mass is 9.83. The van der Waals surface area contributed by atoms with Crippen LogP contribution in [0.4, 0.5) is 0 Å². The number of hydrogen-bond donors (Lipinski definition) is 0. The lowest BCUT2D eigenvalue weighted by molar-refractivity contribution is 0.469. The normalized spacial score (nSPS) is 23.3. The number of allylic oxidation sites excluding steroid dienone is 4. The Balaban J connectivity index is 2.05. The van der Waals surface area contributed by atoms with E-state index in [1.807, 2.05) is 0 Å². The van der Waals surface area contributed by atoms with E-state index < -0.39 is 0 Å². The molecule has 1 aromatic heterocycles. The van der Waals surface area contributed by atoms with Gasteiger partial charge in [0.25, 0.3) is 0 Å². The van der Waals surface area contributed by atoms with Gasteiger partial charge < -0.3 is 4.57 Å². The van der Waals surface area contributed by atoms with Crippen molar-refractivity contribution in [2.75, 3.05) is 0 Å². The van der Waals surface area contributed by atoms with Crippen LogP contribution in [0.5, 0.6) is 0 Å². The summed E-state index contributed by atoms with van der Waals surface area (Å²) in [6.07, 6.45) is 5.61. The summed E-state index contributed by atoms with van der Waals surface area (Å²) in [5.74, 6) is 0. The highest BCUT2D eigenvalue weighted by molar-refractivity contribution is 9.11. The molecule has 0 fully saturated rings. The summed E-state index contributed by atoms with van der Waals surface area (Å²) in [5, 5.41) is 2.74. The van der Waals surface area contributed by atoms with Gasteiger partial charge in [-0.3, -0.25) is 0 Å². The summed E-state index contributed by atoms with van der Waals surface area (Å²) in [4.78, 5) is 0. The second kappa shape index (κ2) is 3.69. The second-order valence-corrected chi connectivity index (χ2v) is 7.09. The summed E-state index contributed by atoms with van der Waals surface area (Å²) < 4.78 is 3.75. The number of fused-ring (bicyclic) bond motifs is 6. The fraction of sp³-hybridized carbons (Fsp3) is 0.158. The number of hydrogen-bond acceptors (Lipinski definition) is 0. The van der Waals surface area contributed by atoms with Crippen LogP contribution >= 0.6 is 15.9 Å². The third-order valence-corrected chi connectivity index (χ3v) is 5.59. The van der Waals surface area contributed by atoms with Crippen LogP contribution in [0, 0.1) is 0 Å². The number of rotatable bonds is 0. The van der Waals surface area contributed by atoms with Crippen molar-refractivity contribution in [2.45, 2.75) is 18.9 Å². The Morgan fingerprint density at radius 3 is 2.76 bits per heavy atom. The van der Waals surface area contributed by atoms with Gasteiger partial charge in [0.05, 0.1) is 11.1 Å². The van der Waals surface area contributed by atoms with E-state index in [1.165, 1.54) is 37.4 Å². The fourth-order valence-electron chi connectivity index (χ4n) is 4.09. The van der Waals surface area contributed by atoms with Crippen molar-refractivity contribution >= 4 is 43.3 Å². The molecule has 21 heavy (non-hydrogen) atoms. The fourth-order valence-corrected chi connectivity index (χ4v) is 4.48. The zero-order valence-electron chi connectivity index (χ0n) is 11.7. The monoisotopic (exact) mass is 335 g/mol. The third-order valence-electron chi connectivity index (χ3n) is 5.04. The Bertz CT molecular complexity index is 989. The van der Waals surface area contributed by atoms with Crippen molar-refractivity contribution in [3.8, 4) is 0 Å². The summed E-state index contributed by atoms with van der Waals surface area (Å²) in [5.41, 5.74) is 5.59. The van der Waals surface area contributed by atoms with Crippen LogP contribution in [0.25, 0.3) is 27.4 Å². The quantitative estimate of drug-likeness (QED) is 0.504. The molecule has 2 heterocycles. The van der Waals surface area contributed by atoms with Crippen molar-refractivity contribution in [2.24, 2.45) is 0 Å². The first-order chi connectivity index (χ1) is 10.2. The first kappa shape index (κ1) is 11.8. The Morgan fingerprint density at radius 1 is 1.05 bits per heavy atom. The average Bonchev–Trinajstić information content (AvgIpc) is 2.97. The second-order valence-electron chi connectivity index (χ2n) is 6.18. The lowest BCUT2D eigenvalue weighted by Gasteiger charge is -2.32. The standard InChI is InChI=1S/C19H14BrN/c1-19-10-9-12(20)11-16(19)15-7-4-6-14-13-5-2-3-8-17(13)21(19)18(14)15/h2-9,11H,10H2,1H3. The molecule has 2 aliphatic rings. The molecule has 0 saturated heterocycles. The average molecular weight is 336 g/mol. The first-order valence-electron chi connectivity index (χ1n) is 7.31. The highest BCUT2D eigenvalue weighted by Gasteiger charge is 2.41. The van der Waals surface area contributed by atoms with E-state index >= 15 is 0 Å². The van der Waals surface area contributed by atoms with E-state index in [1.54, 1.807) is 0 Å². The SMILES string of the molecule is CC12CC=C(Br)C=C1c1cccc3c4ccccc4n2c13. The van der Waals surface area contributed by atoms with E-state index in [-0.39, 0.29) is 5.54 Å². The summed E-state index contributed by atoms with van der Waals surface area (Å²) >= 11 is 3.66. The molecule has 0 N–H and O–H groups in total. The molecule has 0 spiro atoms. The summed E-state index contributed by atoms with van der Waals surface area (Å²) in [6.45, 7) is 2.36. The molecule has 0 saturated carbocycles. The third kappa shape index (κ3) is 1.28. The van der Waals surface area contributed by atoms with Crippen molar-refractivity contribution < 1.29 is 0 Å². The van der Waals surface area contributed by atoms with E-state index in [9.17, 15) is 0 Å². The molecule has 1 atom stereocenters. The van der Waals surface area contributed by atoms with E-state index in [0.717, 1.165) is 6.42 Å². The zero-order chi connectivity index (χ0) is 14.2. The van der Waals surface area contributed by atoms with Gasteiger partial charge in [0, 0.05) is 26.3 Å². The van der Waals surface area contributed by atoms with Gasteiger partial charge in [0.15, 0.2) is 0 Å². The van der Waals surface area contributed by atoms with Crippen LogP contribution < -0.4 is 0 Å². The first-order valence-corrected chi connectivity index (χ1v) is 8.10. The molecule has 5 rings (SSSR count). The minimum absolute atomic E-state index is 0.0301. The molecule has 1 nitrogen and oxygen atoms in total. The highest BCUT2D eigenvalue weighted by Crippen LogP contribution is 2.53. The van der Waals surface area contributed by atoms with Gasteiger partial charge in [-0.25, -0.2) is 0 Å². The minimum Gasteiger partial charge on any atom is -0.329 e. The number of nitrogens with zero attached hydrogens (tertiary/aromatic N) is 1. The minimum atomic E-state index is 0.0301. The Morgan fingerprint density at radius 2 is 1.86 bits per heavy atom. The van der Waals surface area contributed by atoms with Crippen molar-refractivity contribution in [3.05, 3.63) is 64.7 Å². The number of halogens is 1. The Labute approximate surface area is 131 Å². The summed E-state index contributed by atoms with van der Waals surface area (Å²) in [6, 6.07) is 15.5. The van der Waals surface area contributed by atoms with Crippen molar-refractivity contribution in [1.29, 1.82) is 0 Å². The van der Waals surface area contributed by atoms with Crippen LogP contribution in [-0.4, -0.2) is 4.57 Å². The van der Waals surface area contributed by atoms with Crippen molar-refractivity contribution in [1.82, 2.24) is 4.57 Å². The molecular formula is C19H14BrN. The van der Waals surface area contributed by atoms with E-state index in [2.05, 4.69) is 82.0 Å². The largest absolute Gasteiger partial charge is 0.329 e. The molecule has 0 amide bonds. The maximum Gasteiger partial charge on any atom is 0.0716 e. The number of benzene rings is 2. The van der Waals surface area contributed by atoms with Crippen molar-refractivity contribution in [3.63, 3.8) is 0 Å². The molecule has 0 bridgehead atoms. The van der Waals surface area contributed by atoms with Crippen LogP contribution in [0.1, 0.15) is 18.9 Å². The van der Waals surface area contributed by atoms with Gasteiger partial charge in [-0.2, -0.15) is 0 Å². The predicted molar refractivity (Wildman–Crippen MR) is 92.7 cm³/mol. The van der Waals surface area contributed by atoms with Gasteiger partial charge in [-0.05, 0) is 31.1 Å². The smallest absolute Gasteiger partial charge is 0.0716 e. The molecule has 1 aliphatic carbocycles. The molecular weight excluding hydrogens is 322 g/mol. The molecule has 3 aromatic rings. The molecule has 102 valence electrons. The predicted octanol–water partition coefficient (Wildman–Crippen LogP) is 5.59. The number of para-hydroxylation sites is 2. The van der Waals surface area contributed by atoms with Crippen LogP contribution in [-0.2, 0) is 5.54 Å².